The van der Waals surface area contributed by atoms with Gasteiger partial charge in [-0.1, -0.05) is 0 Å². The van der Waals surface area contributed by atoms with E-state index in [-0.39, 0.29) is 11.9 Å². The highest BCUT2D eigenvalue weighted by atomic mass is 16.2. The molecule has 1 aliphatic rings. The summed E-state index contributed by atoms with van der Waals surface area (Å²) in [6, 6.07) is 1.87. The highest BCUT2D eigenvalue weighted by Gasteiger charge is 2.30. The van der Waals surface area contributed by atoms with E-state index >= 15 is 0 Å². The first-order valence-corrected chi connectivity index (χ1v) is 7.23. The molecule has 21 heavy (non-hydrogen) atoms. The second-order valence-corrected chi connectivity index (χ2v) is 5.52. The highest BCUT2D eigenvalue weighted by Crippen LogP contribution is 2.21. The summed E-state index contributed by atoms with van der Waals surface area (Å²) < 4.78 is 1.91. The molecule has 1 atom stereocenters. The molecule has 3 heterocycles. The van der Waals surface area contributed by atoms with Crippen molar-refractivity contribution in [1.29, 1.82) is 0 Å². The monoisotopic (exact) mass is 285 g/mol. The zero-order chi connectivity index (χ0) is 14.8. The van der Waals surface area contributed by atoms with E-state index in [9.17, 15) is 4.79 Å². The molecule has 0 aromatic carbocycles. The van der Waals surface area contributed by atoms with Crippen LogP contribution in [0.15, 0.2) is 24.7 Å². The fourth-order valence-corrected chi connectivity index (χ4v) is 2.80. The van der Waals surface area contributed by atoms with Gasteiger partial charge in [0.25, 0.3) is 5.91 Å². The number of amides is 1. The molecule has 0 bridgehead atoms. The molecule has 3 rings (SSSR count). The number of nitrogens with zero attached hydrogens (tertiary/aromatic N) is 5. The summed E-state index contributed by atoms with van der Waals surface area (Å²) in [6.07, 6.45) is 7.53. The number of rotatable bonds is 3. The molecular formula is C15H19N5O. The van der Waals surface area contributed by atoms with Crippen molar-refractivity contribution in [3.63, 3.8) is 0 Å². The van der Waals surface area contributed by atoms with Gasteiger partial charge in [0.2, 0.25) is 0 Å². The summed E-state index contributed by atoms with van der Waals surface area (Å²) in [5.74, 6) is 0.617. The third-order valence-electron chi connectivity index (χ3n) is 3.79. The Morgan fingerprint density at radius 1 is 1.43 bits per heavy atom. The third-order valence-corrected chi connectivity index (χ3v) is 3.79. The van der Waals surface area contributed by atoms with Crippen LogP contribution in [-0.2, 0) is 6.54 Å². The van der Waals surface area contributed by atoms with Gasteiger partial charge in [-0.3, -0.25) is 9.48 Å². The summed E-state index contributed by atoms with van der Waals surface area (Å²) in [5.41, 5.74) is 1.61. The van der Waals surface area contributed by atoms with E-state index in [0.717, 1.165) is 31.5 Å². The van der Waals surface area contributed by atoms with Crippen LogP contribution in [0.4, 0.5) is 0 Å². The van der Waals surface area contributed by atoms with E-state index in [0.29, 0.717) is 11.5 Å². The predicted octanol–water partition coefficient (Wildman–Crippen LogP) is 1.59. The zero-order valence-corrected chi connectivity index (χ0v) is 12.4. The molecule has 1 saturated heterocycles. The minimum absolute atomic E-state index is 0.00752. The quantitative estimate of drug-likeness (QED) is 0.859. The molecule has 0 unspecified atom stereocenters. The lowest BCUT2D eigenvalue weighted by Gasteiger charge is -2.24. The van der Waals surface area contributed by atoms with Gasteiger partial charge in [-0.25, -0.2) is 9.97 Å². The van der Waals surface area contributed by atoms with E-state index in [2.05, 4.69) is 15.1 Å². The smallest absolute Gasteiger partial charge is 0.272 e. The Bertz CT molecular complexity index is 651. The molecule has 110 valence electrons. The maximum absolute atomic E-state index is 12.6. The standard InChI is InChI=1S/C15H19N5O/c1-11-8-17-19(9-11)10-13-4-3-7-20(13)15(21)14-5-6-16-12(2)18-14/h5-6,8-9,13H,3-4,7,10H2,1-2H3/t13-/m0/s1. The number of carbonyl (C=O) groups excluding carboxylic acids is 1. The number of carbonyl (C=O) groups is 1. The largest absolute Gasteiger partial charge is 0.332 e. The van der Waals surface area contributed by atoms with E-state index in [1.165, 1.54) is 0 Å². The van der Waals surface area contributed by atoms with Crippen LogP contribution in [-0.4, -0.2) is 43.1 Å². The molecule has 6 nitrogen and oxygen atoms in total. The number of likely N-dealkylation sites (tertiary alicyclic amines) is 1. The number of hydrogen-bond acceptors (Lipinski definition) is 4. The van der Waals surface area contributed by atoms with Crippen molar-refractivity contribution in [1.82, 2.24) is 24.6 Å². The molecule has 2 aromatic heterocycles. The summed E-state index contributed by atoms with van der Waals surface area (Å²) in [4.78, 5) is 22.8. The Labute approximate surface area is 123 Å². The van der Waals surface area contributed by atoms with Crippen molar-refractivity contribution >= 4 is 5.91 Å². The van der Waals surface area contributed by atoms with Gasteiger partial charge in [0.05, 0.1) is 18.8 Å². The summed E-state index contributed by atoms with van der Waals surface area (Å²) in [7, 11) is 0. The number of aryl methyl sites for hydroxylation is 2. The zero-order valence-electron chi connectivity index (χ0n) is 12.4. The summed E-state index contributed by atoms with van der Waals surface area (Å²) >= 11 is 0. The van der Waals surface area contributed by atoms with Crippen molar-refractivity contribution < 1.29 is 4.79 Å². The minimum Gasteiger partial charge on any atom is -0.332 e. The Balaban J connectivity index is 1.75. The van der Waals surface area contributed by atoms with Crippen LogP contribution in [0.25, 0.3) is 0 Å². The first-order valence-electron chi connectivity index (χ1n) is 7.23. The lowest BCUT2D eigenvalue weighted by Crippen LogP contribution is -2.38. The average Bonchev–Trinajstić information content (AvgIpc) is 3.08. The third kappa shape index (κ3) is 2.94. The summed E-state index contributed by atoms with van der Waals surface area (Å²) in [5, 5.41) is 4.31. The van der Waals surface area contributed by atoms with Crippen LogP contribution in [0.3, 0.4) is 0 Å². The molecule has 1 amide bonds. The minimum atomic E-state index is -0.00752. The van der Waals surface area contributed by atoms with Crippen LogP contribution in [0.2, 0.25) is 0 Å². The molecule has 0 aliphatic carbocycles. The van der Waals surface area contributed by atoms with E-state index < -0.39 is 0 Å². The molecule has 0 saturated carbocycles. The maximum Gasteiger partial charge on any atom is 0.272 e. The van der Waals surface area contributed by atoms with Gasteiger partial charge in [0.15, 0.2) is 0 Å². The molecule has 1 aliphatic heterocycles. The van der Waals surface area contributed by atoms with E-state index in [4.69, 9.17) is 0 Å². The van der Waals surface area contributed by atoms with Gasteiger partial charge < -0.3 is 4.90 Å². The van der Waals surface area contributed by atoms with Crippen molar-refractivity contribution in [3.05, 3.63) is 41.7 Å². The van der Waals surface area contributed by atoms with Gasteiger partial charge in [-0.05, 0) is 38.3 Å². The number of hydrogen-bond donors (Lipinski definition) is 0. The highest BCUT2D eigenvalue weighted by molar-refractivity contribution is 5.92. The normalized spacial score (nSPS) is 18.2. The average molecular weight is 285 g/mol. The summed E-state index contributed by atoms with van der Waals surface area (Å²) in [6.45, 7) is 5.34. The van der Waals surface area contributed by atoms with Crippen LogP contribution >= 0.6 is 0 Å². The Morgan fingerprint density at radius 3 is 3.00 bits per heavy atom. The van der Waals surface area contributed by atoms with Gasteiger partial charge in [-0.15, -0.1) is 0 Å². The van der Waals surface area contributed by atoms with Gasteiger partial charge in [0.1, 0.15) is 11.5 Å². The molecule has 0 radical (unpaired) electrons. The van der Waals surface area contributed by atoms with E-state index in [1.807, 2.05) is 28.9 Å². The lowest BCUT2D eigenvalue weighted by atomic mass is 10.2. The Kier molecular flexibility index (Phi) is 3.68. The molecule has 2 aromatic rings. The van der Waals surface area contributed by atoms with Crippen LogP contribution < -0.4 is 0 Å². The lowest BCUT2D eigenvalue weighted by molar-refractivity contribution is 0.0715. The van der Waals surface area contributed by atoms with Gasteiger partial charge in [-0.2, -0.15) is 5.10 Å². The molecule has 0 spiro atoms. The van der Waals surface area contributed by atoms with Gasteiger partial charge >= 0.3 is 0 Å². The molecule has 6 heteroatoms. The predicted molar refractivity (Wildman–Crippen MR) is 77.8 cm³/mol. The second kappa shape index (κ2) is 5.63. The maximum atomic E-state index is 12.6. The van der Waals surface area contributed by atoms with Crippen LogP contribution in [0, 0.1) is 13.8 Å². The SMILES string of the molecule is Cc1cnn(C[C@@H]2CCCN2C(=O)c2ccnc(C)n2)c1. The molecule has 0 N–H and O–H groups in total. The first kappa shape index (κ1) is 13.7. The van der Waals surface area contributed by atoms with Crippen molar-refractivity contribution in [2.24, 2.45) is 0 Å². The Hall–Kier alpha value is -2.24. The topological polar surface area (TPSA) is 63.9 Å². The number of aromatic nitrogens is 4. The van der Waals surface area contributed by atoms with E-state index in [1.54, 1.807) is 19.2 Å². The molecular weight excluding hydrogens is 266 g/mol. The van der Waals surface area contributed by atoms with Crippen molar-refractivity contribution in [3.8, 4) is 0 Å². The van der Waals surface area contributed by atoms with Crippen molar-refractivity contribution in [2.75, 3.05) is 6.54 Å². The first-order chi connectivity index (χ1) is 10.1. The van der Waals surface area contributed by atoms with Gasteiger partial charge in [0, 0.05) is 18.9 Å². The second-order valence-electron chi connectivity index (χ2n) is 5.52. The van der Waals surface area contributed by atoms with Crippen LogP contribution in [0.1, 0.15) is 34.7 Å². The fraction of sp³-hybridized carbons (Fsp3) is 0.467. The van der Waals surface area contributed by atoms with Crippen LogP contribution in [0.5, 0.6) is 0 Å². The Morgan fingerprint density at radius 2 is 2.29 bits per heavy atom. The fourth-order valence-electron chi connectivity index (χ4n) is 2.80. The van der Waals surface area contributed by atoms with Crippen molar-refractivity contribution in [2.45, 2.75) is 39.3 Å². The molecule has 1 fully saturated rings.